The standard InChI is InChI=1S/C21H34N4O.HI/c1-17(18-6-8-20(26-3)9-7-18)10-12-23-21(22-2)25-15-11-19(16-25)24-13-4-5-14-24;/h6-9,17,19H,4-5,10-16H2,1-3H3,(H,22,23);1H. The molecule has 6 heteroatoms. The first-order valence-corrected chi connectivity index (χ1v) is 10.0. The number of guanidine groups is 1. The number of rotatable bonds is 6. The molecule has 3 rings (SSSR count). The van der Waals surface area contributed by atoms with Crippen LogP contribution in [0.15, 0.2) is 29.3 Å². The van der Waals surface area contributed by atoms with E-state index in [1.54, 1.807) is 7.11 Å². The van der Waals surface area contributed by atoms with Gasteiger partial charge in [-0.05, 0) is 62.4 Å². The van der Waals surface area contributed by atoms with Crippen LogP contribution in [0, 0.1) is 0 Å². The van der Waals surface area contributed by atoms with E-state index in [1.807, 2.05) is 19.2 Å². The van der Waals surface area contributed by atoms with Crippen LogP contribution in [0.4, 0.5) is 0 Å². The van der Waals surface area contributed by atoms with Gasteiger partial charge in [-0.2, -0.15) is 0 Å². The SMILES string of the molecule is CN=C(NCCC(C)c1ccc(OC)cc1)N1CCC(N2CCCC2)C1.I. The molecule has 2 fully saturated rings. The van der Waals surface area contributed by atoms with E-state index in [2.05, 4.69) is 39.2 Å². The van der Waals surface area contributed by atoms with Gasteiger partial charge in [-0.25, -0.2) is 0 Å². The predicted molar refractivity (Wildman–Crippen MR) is 124 cm³/mol. The van der Waals surface area contributed by atoms with Crippen LogP contribution in [-0.4, -0.2) is 68.7 Å². The molecule has 0 aromatic heterocycles. The number of halogens is 1. The Morgan fingerprint density at radius 2 is 1.93 bits per heavy atom. The lowest BCUT2D eigenvalue weighted by molar-refractivity contribution is 0.249. The Morgan fingerprint density at radius 3 is 2.56 bits per heavy atom. The molecule has 1 aromatic rings. The molecule has 2 atom stereocenters. The summed E-state index contributed by atoms with van der Waals surface area (Å²) in [7, 11) is 3.61. The van der Waals surface area contributed by atoms with Gasteiger partial charge in [-0.3, -0.25) is 9.89 Å². The number of likely N-dealkylation sites (tertiary alicyclic amines) is 2. The summed E-state index contributed by atoms with van der Waals surface area (Å²) in [5.41, 5.74) is 1.36. The Labute approximate surface area is 181 Å². The molecular weight excluding hydrogens is 451 g/mol. The van der Waals surface area contributed by atoms with Crippen molar-refractivity contribution in [3.05, 3.63) is 29.8 Å². The predicted octanol–water partition coefficient (Wildman–Crippen LogP) is 3.55. The van der Waals surface area contributed by atoms with Gasteiger partial charge in [-0.15, -0.1) is 24.0 Å². The van der Waals surface area contributed by atoms with Gasteiger partial charge >= 0.3 is 0 Å². The van der Waals surface area contributed by atoms with Gasteiger partial charge in [-0.1, -0.05) is 19.1 Å². The molecule has 0 bridgehead atoms. The highest BCUT2D eigenvalue weighted by Crippen LogP contribution is 2.22. The quantitative estimate of drug-likeness (QED) is 0.380. The van der Waals surface area contributed by atoms with Gasteiger partial charge in [0, 0.05) is 32.7 Å². The number of aliphatic imine (C=N–C) groups is 1. The maximum atomic E-state index is 5.24. The summed E-state index contributed by atoms with van der Waals surface area (Å²) in [4.78, 5) is 9.62. The maximum Gasteiger partial charge on any atom is 0.193 e. The third-order valence-corrected chi connectivity index (χ3v) is 5.88. The lowest BCUT2D eigenvalue weighted by Crippen LogP contribution is -2.43. The van der Waals surface area contributed by atoms with Gasteiger partial charge in [0.1, 0.15) is 5.75 Å². The molecule has 2 unspecified atom stereocenters. The van der Waals surface area contributed by atoms with E-state index < -0.39 is 0 Å². The van der Waals surface area contributed by atoms with E-state index in [0.29, 0.717) is 12.0 Å². The number of nitrogens with one attached hydrogen (secondary N) is 1. The van der Waals surface area contributed by atoms with E-state index in [-0.39, 0.29) is 24.0 Å². The van der Waals surface area contributed by atoms with Crippen LogP contribution in [0.3, 0.4) is 0 Å². The highest BCUT2D eigenvalue weighted by Gasteiger charge is 2.30. The second-order valence-electron chi connectivity index (χ2n) is 7.57. The van der Waals surface area contributed by atoms with Gasteiger partial charge in [0.25, 0.3) is 0 Å². The lowest BCUT2D eigenvalue weighted by Gasteiger charge is -2.25. The third-order valence-electron chi connectivity index (χ3n) is 5.88. The summed E-state index contributed by atoms with van der Waals surface area (Å²) in [5.74, 6) is 2.50. The first kappa shape index (κ1) is 22.3. The van der Waals surface area contributed by atoms with Gasteiger partial charge < -0.3 is 15.0 Å². The molecule has 1 N–H and O–H groups in total. The first-order chi connectivity index (χ1) is 12.7. The average Bonchev–Trinajstić information content (AvgIpc) is 3.36. The third kappa shape index (κ3) is 5.98. The van der Waals surface area contributed by atoms with Crippen molar-refractivity contribution in [3.63, 3.8) is 0 Å². The Kier molecular flexibility index (Phi) is 9.15. The molecule has 2 aliphatic heterocycles. The van der Waals surface area contributed by atoms with Crippen molar-refractivity contribution in [2.24, 2.45) is 4.99 Å². The second kappa shape index (κ2) is 11.1. The molecule has 1 aromatic carbocycles. The molecule has 0 spiro atoms. The molecule has 2 heterocycles. The lowest BCUT2D eigenvalue weighted by atomic mass is 9.98. The average molecular weight is 486 g/mol. The minimum absolute atomic E-state index is 0. The van der Waals surface area contributed by atoms with Gasteiger partial charge in [0.2, 0.25) is 0 Å². The molecule has 0 amide bonds. The summed E-state index contributed by atoms with van der Waals surface area (Å²) in [5, 5.41) is 3.58. The number of hydrogen-bond donors (Lipinski definition) is 1. The zero-order valence-corrected chi connectivity index (χ0v) is 19.3. The monoisotopic (exact) mass is 486 g/mol. The van der Waals surface area contributed by atoms with Crippen molar-refractivity contribution in [2.75, 3.05) is 46.9 Å². The van der Waals surface area contributed by atoms with Crippen LogP contribution in [-0.2, 0) is 0 Å². The minimum Gasteiger partial charge on any atom is -0.497 e. The molecular formula is C21H35IN4O. The van der Waals surface area contributed by atoms with Crippen molar-refractivity contribution >= 4 is 29.9 Å². The van der Waals surface area contributed by atoms with Crippen LogP contribution in [0.5, 0.6) is 5.75 Å². The Morgan fingerprint density at radius 1 is 1.22 bits per heavy atom. The van der Waals surface area contributed by atoms with Crippen molar-refractivity contribution in [1.29, 1.82) is 0 Å². The highest BCUT2D eigenvalue weighted by atomic mass is 127. The normalized spacial score (nSPS) is 21.8. The van der Waals surface area contributed by atoms with Crippen LogP contribution >= 0.6 is 24.0 Å². The first-order valence-electron chi connectivity index (χ1n) is 10.0. The second-order valence-corrected chi connectivity index (χ2v) is 7.57. The Hall–Kier alpha value is -1.02. The fourth-order valence-corrected chi connectivity index (χ4v) is 4.17. The zero-order valence-electron chi connectivity index (χ0n) is 17.0. The fourth-order valence-electron chi connectivity index (χ4n) is 4.17. The summed E-state index contributed by atoms with van der Waals surface area (Å²) in [6, 6.07) is 9.13. The van der Waals surface area contributed by atoms with E-state index >= 15 is 0 Å². The molecule has 152 valence electrons. The number of benzene rings is 1. The number of ether oxygens (including phenoxy) is 1. The number of methoxy groups -OCH3 is 1. The van der Waals surface area contributed by atoms with Crippen molar-refractivity contribution in [1.82, 2.24) is 15.1 Å². The van der Waals surface area contributed by atoms with E-state index in [0.717, 1.165) is 37.8 Å². The van der Waals surface area contributed by atoms with Gasteiger partial charge in [0.15, 0.2) is 5.96 Å². The Balaban J connectivity index is 0.00000261. The largest absolute Gasteiger partial charge is 0.497 e. The number of nitrogens with zero attached hydrogens (tertiary/aromatic N) is 3. The van der Waals surface area contributed by atoms with E-state index in [4.69, 9.17) is 4.74 Å². The van der Waals surface area contributed by atoms with E-state index in [1.165, 1.54) is 37.9 Å². The molecule has 0 saturated carbocycles. The van der Waals surface area contributed by atoms with Gasteiger partial charge in [0.05, 0.1) is 7.11 Å². The van der Waals surface area contributed by atoms with Crippen LogP contribution in [0.2, 0.25) is 0 Å². The zero-order chi connectivity index (χ0) is 18.4. The molecule has 2 aliphatic rings. The summed E-state index contributed by atoms with van der Waals surface area (Å²) in [6.45, 7) is 8.03. The Bertz CT molecular complexity index is 586. The topological polar surface area (TPSA) is 40.1 Å². The summed E-state index contributed by atoms with van der Waals surface area (Å²) in [6.07, 6.45) is 5.09. The maximum absolute atomic E-state index is 5.24. The van der Waals surface area contributed by atoms with Crippen LogP contribution in [0.25, 0.3) is 0 Å². The number of hydrogen-bond acceptors (Lipinski definition) is 3. The van der Waals surface area contributed by atoms with Crippen LogP contribution in [0.1, 0.15) is 44.1 Å². The van der Waals surface area contributed by atoms with Crippen LogP contribution < -0.4 is 10.1 Å². The summed E-state index contributed by atoms with van der Waals surface area (Å²) < 4.78 is 5.24. The summed E-state index contributed by atoms with van der Waals surface area (Å²) >= 11 is 0. The molecule has 0 radical (unpaired) electrons. The van der Waals surface area contributed by atoms with Crippen molar-refractivity contribution < 1.29 is 4.74 Å². The smallest absolute Gasteiger partial charge is 0.193 e. The van der Waals surface area contributed by atoms with Crippen molar-refractivity contribution in [3.8, 4) is 5.75 Å². The van der Waals surface area contributed by atoms with Crippen molar-refractivity contribution in [2.45, 2.75) is 44.6 Å². The minimum atomic E-state index is 0. The molecule has 5 nitrogen and oxygen atoms in total. The molecule has 2 saturated heterocycles. The highest BCUT2D eigenvalue weighted by molar-refractivity contribution is 14.0. The van der Waals surface area contributed by atoms with E-state index in [9.17, 15) is 0 Å². The molecule has 27 heavy (non-hydrogen) atoms. The fraction of sp³-hybridized carbons (Fsp3) is 0.667. The molecule has 0 aliphatic carbocycles.